The molecule has 116 valence electrons. The number of hydrogen-bond acceptors (Lipinski definition) is 3. The first-order valence-electron chi connectivity index (χ1n) is 7.80. The number of amides is 1. The van der Waals surface area contributed by atoms with Crippen LogP contribution in [0.25, 0.3) is 22.2 Å². The number of carbonyl (C=O) groups is 1. The fourth-order valence-electron chi connectivity index (χ4n) is 2.43. The molecule has 0 bridgehead atoms. The van der Waals surface area contributed by atoms with Gasteiger partial charge in [-0.15, -0.1) is 0 Å². The van der Waals surface area contributed by atoms with Gasteiger partial charge in [0.05, 0.1) is 16.8 Å². The lowest BCUT2D eigenvalue weighted by Gasteiger charge is -2.14. The fraction of sp³-hybridized carbons (Fsp3) is 0.211. The van der Waals surface area contributed by atoms with Crippen LogP contribution in [0.3, 0.4) is 0 Å². The topological polar surface area (TPSA) is 54.9 Å². The molecule has 4 nitrogen and oxygen atoms in total. The Kier molecular flexibility index (Phi) is 4.33. The van der Waals surface area contributed by atoms with E-state index in [2.05, 4.69) is 22.2 Å². The molecular formula is C19H19N3O. The zero-order valence-electron chi connectivity index (χ0n) is 13.3. The van der Waals surface area contributed by atoms with E-state index < -0.39 is 0 Å². The number of nitrogens with zero attached hydrogens (tertiary/aromatic N) is 2. The maximum atomic E-state index is 12.7. The first kappa shape index (κ1) is 15.2. The lowest BCUT2D eigenvalue weighted by Crippen LogP contribution is -2.32. The molecule has 0 unspecified atom stereocenters. The number of nitrogens with one attached hydrogen (secondary N) is 1. The van der Waals surface area contributed by atoms with Crippen LogP contribution in [-0.2, 0) is 0 Å². The molecule has 0 aliphatic rings. The van der Waals surface area contributed by atoms with Gasteiger partial charge in [-0.25, -0.2) is 4.98 Å². The van der Waals surface area contributed by atoms with Gasteiger partial charge >= 0.3 is 0 Å². The van der Waals surface area contributed by atoms with E-state index in [0.717, 1.165) is 28.6 Å². The highest BCUT2D eigenvalue weighted by Gasteiger charge is 2.15. The van der Waals surface area contributed by atoms with Crippen molar-refractivity contribution in [1.29, 1.82) is 0 Å². The molecule has 1 aromatic carbocycles. The molecule has 0 saturated heterocycles. The lowest BCUT2D eigenvalue weighted by atomic mass is 10.0. The summed E-state index contributed by atoms with van der Waals surface area (Å²) < 4.78 is 0. The Labute approximate surface area is 135 Å². The summed E-state index contributed by atoms with van der Waals surface area (Å²) in [5, 5.41) is 3.90. The van der Waals surface area contributed by atoms with Crippen molar-refractivity contribution in [2.45, 2.75) is 26.3 Å². The molecule has 4 heteroatoms. The van der Waals surface area contributed by atoms with E-state index >= 15 is 0 Å². The third-order valence-electron chi connectivity index (χ3n) is 3.91. The molecule has 2 aromatic heterocycles. The van der Waals surface area contributed by atoms with Crippen LogP contribution in [-0.4, -0.2) is 21.9 Å². The summed E-state index contributed by atoms with van der Waals surface area (Å²) in [5.41, 5.74) is 3.11. The SMILES string of the molecule is CC[C@@H](C)NC(=O)c1cc(-c2cccnc2)nc2ccccc12. The summed E-state index contributed by atoms with van der Waals surface area (Å²) in [5.74, 6) is -0.0666. The Hall–Kier alpha value is -2.75. The van der Waals surface area contributed by atoms with Gasteiger partial charge in [-0.05, 0) is 37.6 Å². The van der Waals surface area contributed by atoms with Crippen LogP contribution >= 0.6 is 0 Å². The number of fused-ring (bicyclic) bond motifs is 1. The molecule has 3 rings (SSSR count). The first-order valence-corrected chi connectivity index (χ1v) is 7.80. The van der Waals surface area contributed by atoms with E-state index in [1.54, 1.807) is 12.4 Å². The molecule has 0 radical (unpaired) electrons. The van der Waals surface area contributed by atoms with Gasteiger partial charge in [-0.3, -0.25) is 9.78 Å². The van der Waals surface area contributed by atoms with Crippen molar-refractivity contribution in [2.24, 2.45) is 0 Å². The van der Waals surface area contributed by atoms with Gasteiger partial charge in [0.1, 0.15) is 0 Å². The number of carbonyl (C=O) groups excluding carboxylic acids is 1. The summed E-state index contributed by atoms with van der Waals surface area (Å²) in [6, 6.07) is 13.5. The van der Waals surface area contributed by atoms with Crippen LogP contribution in [0, 0.1) is 0 Å². The Balaban J connectivity index is 2.13. The van der Waals surface area contributed by atoms with Crippen molar-refractivity contribution in [2.75, 3.05) is 0 Å². The minimum absolute atomic E-state index is 0.0666. The van der Waals surface area contributed by atoms with Gasteiger partial charge in [-0.2, -0.15) is 0 Å². The quantitative estimate of drug-likeness (QED) is 0.797. The zero-order chi connectivity index (χ0) is 16.2. The van der Waals surface area contributed by atoms with Gasteiger partial charge in [0.2, 0.25) is 0 Å². The van der Waals surface area contributed by atoms with Crippen LogP contribution in [0.1, 0.15) is 30.6 Å². The molecular weight excluding hydrogens is 286 g/mol. The monoisotopic (exact) mass is 305 g/mol. The third-order valence-corrected chi connectivity index (χ3v) is 3.91. The molecule has 1 amide bonds. The standard InChI is InChI=1S/C19H19N3O/c1-3-13(2)21-19(23)16-11-18(14-7-6-10-20-12-14)22-17-9-5-4-8-15(16)17/h4-13H,3H2,1-2H3,(H,21,23)/t13-/m1/s1. The number of hydrogen-bond donors (Lipinski definition) is 1. The summed E-state index contributed by atoms with van der Waals surface area (Å²) in [7, 11) is 0. The Morgan fingerprint density at radius 1 is 1.22 bits per heavy atom. The van der Waals surface area contributed by atoms with Crippen LogP contribution in [0.15, 0.2) is 54.9 Å². The molecule has 2 heterocycles. The van der Waals surface area contributed by atoms with Crippen LogP contribution in [0.2, 0.25) is 0 Å². The van der Waals surface area contributed by atoms with E-state index in [1.165, 1.54) is 0 Å². The zero-order valence-corrected chi connectivity index (χ0v) is 13.3. The van der Waals surface area contributed by atoms with E-state index in [9.17, 15) is 4.79 Å². The second-order valence-corrected chi connectivity index (χ2v) is 5.60. The van der Waals surface area contributed by atoms with E-state index in [4.69, 9.17) is 0 Å². The predicted molar refractivity (Wildman–Crippen MR) is 92.2 cm³/mol. The highest BCUT2D eigenvalue weighted by atomic mass is 16.1. The average molecular weight is 305 g/mol. The second kappa shape index (κ2) is 6.57. The minimum atomic E-state index is -0.0666. The highest BCUT2D eigenvalue weighted by Crippen LogP contribution is 2.24. The highest BCUT2D eigenvalue weighted by molar-refractivity contribution is 6.07. The molecule has 0 saturated carbocycles. The largest absolute Gasteiger partial charge is 0.350 e. The summed E-state index contributed by atoms with van der Waals surface area (Å²) in [6.07, 6.45) is 4.37. The maximum Gasteiger partial charge on any atom is 0.252 e. The fourth-order valence-corrected chi connectivity index (χ4v) is 2.43. The van der Waals surface area contributed by atoms with Crippen molar-refractivity contribution in [3.63, 3.8) is 0 Å². The maximum absolute atomic E-state index is 12.7. The number of aromatic nitrogens is 2. The Bertz CT molecular complexity index is 830. The Morgan fingerprint density at radius 3 is 2.78 bits per heavy atom. The molecule has 0 aliphatic carbocycles. The summed E-state index contributed by atoms with van der Waals surface area (Å²) in [4.78, 5) is 21.5. The van der Waals surface area contributed by atoms with Crippen molar-refractivity contribution in [3.05, 3.63) is 60.4 Å². The van der Waals surface area contributed by atoms with Gasteiger partial charge in [0, 0.05) is 29.4 Å². The van der Waals surface area contributed by atoms with Crippen molar-refractivity contribution < 1.29 is 4.79 Å². The van der Waals surface area contributed by atoms with Gasteiger partial charge < -0.3 is 5.32 Å². The van der Waals surface area contributed by atoms with Crippen molar-refractivity contribution in [3.8, 4) is 11.3 Å². The number of rotatable bonds is 4. The summed E-state index contributed by atoms with van der Waals surface area (Å²) >= 11 is 0. The van der Waals surface area contributed by atoms with Crippen LogP contribution in [0.4, 0.5) is 0 Å². The molecule has 0 spiro atoms. The normalized spacial score (nSPS) is 12.1. The number of para-hydroxylation sites is 1. The van der Waals surface area contributed by atoms with Crippen LogP contribution in [0.5, 0.6) is 0 Å². The Morgan fingerprint density at radius 2 is 2.04 bits per heavy atom. The van der Waals surface area contributed by atoms with Gasteiger partial charge in [0.25, 0.3) is 5.91 Å². The molecule has 0 aliphatic heterocycles. The molecule has 3 aromatic rings. The first-order chi connectivity index (χ1) is 11.2. The van der Waals surface area contributed by atoms with Gasteiger partial charge in [0.15, 0.2) is 0 Å². The second-order valence-electron chi connectivity index (χ2n) is 5.60. The third kappa shape index (κ3) is 3.21. The summed E-state index contributed by atoms with van der Waals surface area (Å²) in [6.45, 7) is 4.06. The lowest BCUT2D eigenvalue weighted by molar-refractivity contribution is 0.0941. The van der Waals surface area contributed by atoms with Crippen LogP contribution < -0.4 is 5.32 Å². The average Bonchev–Trinajstić information content (AvgIpc) is 2.61. The molecule has 23 heavy (non-hydrogen) atoms. The van der Waals surface area contributed by atoms with Crippen molar-refractivity contribution >= 4 is 16.8 Å². The predicted octanol–water partition coefficient (Wildman–Crippen LogP) is 3.83. The van der Waals surface area contributed by atoms with E-state index in [1.807, 2.05) is 49.4 Å². The van der Waals surface area contributed by atoms with E-state index in [0.29, 0.717) is 5.56 Å². The molecule has 0 fully saturated rings. The smallest absolute Gasteiger partial charge is 0.252 e. The number of pyridine rings is 2. The molecule has 1 N–H and O–H groups in total. The van der Waals surface area contributed by atoms with Crippen molar-refractivity contribution in [1.82, 2.24) is 15.3 Å². The van der Waals surface area contributed by atoms with Gasteiger partial charge in [-0.1, -0.05) is 25.1 Å². The number of benzene rings is 1. The van der Waals surface area contributed by atoms with E-state index in [-0.39, 0.29) is 11.9 Å². The molecule has 1 atom stereocenters. The minimum Gasteiger partial charge on any atom is -0.350 e.